The molecular formula is C23H28ClN3O4S. The molecule has 7 nitrogen and oxygen atoms in total. The van der Waals surface area contributed by atoms with Crippen LogP contribution in [0.25, 0.3) is 10.2 Å². The zero-order valence-electron chi connectivity index (χ0n) is 19.0. The lowest BCUT2D eigenvalue weighted by molar-refractivity contribution is 0.0983. The summed E-state index contributed by atoms with van der Waals surface area (Å²) in [5.41, 5.74) is 1.13. The van der Waals surface area contributed by atoms with Gasteiger partial charge in [0.25, 0.3) is 5.91 Å². The molecule has 172 valence electrons. The molecular weight excluding hydrogens is 450 g/mol. The molecule has 0 aliphatic rings. The Balaban J connectivity index is 2.05. The molecule has 1 aromatic heterocycles. The third-order valence-electron chi connectivity index (χ3n) is 5.31. The Hall–Kier alpha value is -2.55. The quantitative estimate of drug-likeness (QED) is 0.411. The number of methoxy groups -OCH3 is 3. The number of carbonyl (C=O) groups is 1. The van der Waals surface area contributed by atoms with Crippen molar-refractivity contribution in [1.82, 2.24) is 9.88 Å². The van der Waals surface area contributed by atoms with Crippen molar-refractivity contribution in [1.29, 1.82) is 0 Å². The van der Waals surface area contributed by atoms with E-state index in [9.17, 15) is 4.79 Å². The lowest BCUT2D eigenvalue weighted by atomic mass is 10.1. The van der Waals surface area contributed by atoms with Gasteiger partial charge in [-0.2, -0.15) is 0 Å². The first-order chi connectivity index (χ1) is 15.5. The van der Waals surface area contributed by atoms with Gasteiger partial charge in [0, 0.05) is 18.7 Å². The SMILES string of the molecule is CCN(CC)CCN(C(=O)c1ccc(OC)c(OC)c1)c1nc2c(OC)ccc(Cl)c2s1. The molecule has 3 rings (SSSR count). The molecule has 0 aliphatic heterocycles. The van der Waals surface area contributed by atoms with Crippen LogP contribution < -0.4 is 19.1 Å². The summed E-state index contributed by atoms with van der Waals surface area (Å²) in [5, 5.41) is 1.14. The highest BCUT2D eigenvalue weighted by Gasteiger charge is 2.24. The lowest BCUT2D eigenvalue weighted by Gasteiger charge is -2.25. The molecule has 0 fully saturated rings. The Labute approximate surface area is 197 Å². The molecule has 0 radical (unpaired) electrons. The van der Waals surface area contributed by atoms with Gasteiger partial charge < -0.3 is 19.1 Å². The van der Waals surface area contributed by atoms with Gasteiger partial charge >= 0.3 is 0 Å². The number of nitrogens with zero attached hydrogens (tertiary/aromatic N) is 3. The van der Waals surface area contributed by atoms with Crippen LogP contribution in [0.2, 0.25) is 5.02 Å². The van der Waals surface area contributed by atoms with Crippen LogP contribution >= 0.6 is 22.9 Å². The molecule has 0 atom stereocenters. The number of hydrogen-bond donors (Lipinski definition) is 0. The van der Waals surface area contributed by atoms with Crippen LogP contribution in [0.4, 0.5) is 5.13 Å². The molecule has 9 heteroatoms. The molecule has 0 aliphatic carbocycles. The molecule has 3 aromatic rings. The number of aromatic nitrogens is 1. The van der Waals surface area contributed by atoms with Gasteiger partial charge in [-0.1, -0.05) is 36.8 Å². The molecule has 2 aromatic carbocycles. The number of fused-ring (bicyclic) bond motifs is 1. The van der Waals surface area contributed by atoms with Crippen LogP contribution in [0.3, 0.4) is 0 Å². The second kappa shape index (κ2) is 10.8. The molecule has 0 N–H and O–H groups in total. The molecule has 1 heterocycles. The van der Waals surface area contributed by atoms with E-state index in [1.807, 2.05) is 0 Å². The van der Waals surface area contributed by atoms with Gasteiger partial charge in [0.15, 0.2) is 16.6 Å². The number of amides is 1. The molecule has 0 bridgehead atoms. The van der Waals surface area contributed by atoms with Gasteiger partial charge in [0.05, 0.1) is 31.1 Å². The number of halogens is 1. The smallest absolute Gasteiger partial charge is 0.260 e. The number of rotatable bonds is 10. The number of carbonyl (C=O) groups excluding carboxylic acids is 1. The Morgan fingerprint density at radius 3 is 2.25 bits per heavy atom. The summed E-state index contributed by atoms with van der Waals surface area (Å²) in [6, 6.07) is 8.71. The average Bonchev–Trinajstić information content (AvgIpc) is 3.27. The van der Waals surface area contributed by atoms with E-state index >= 15 is 0 Å². The summed E-state index contributed by atoms with van der Waals surface area (Å²) in [7, 11) is 4.70. The van der Waals surface area contributed by atoms with Gasteiger partial charge in [-0.25, -0.2) is 4.98 Å². The van der Waals surface area contributed by atoms with Gasteiger partial charge in [-0.3, -0.25) is 9.69 Å². The third kappa shape index (κ3) is 4.92. The van der Waals surface area contributed by atoms with Gasteiger partial charge in [0.1, 0.15) is 11.3 Å². The predicted octanol–water partition coefficient (Wildman–Crippen LogP) is 4.96. The van der Waals surface area contributed by atoms with Crippen molar-refractivity contribution in [3.8, 4) is 17.2 Å². The van der Waals surface area contributed by atoms with Crippen LogP contribution in [0.1, 0.15) is 24.2 Å². The van der Waals surface area contributed by atoms with Gasteiger partial charge in [-0.15, -0.1) is 0 Å². The summed E-state index contributed by atoms with van der Waals surface area (Å²) in [4.78, 5) is 22.3. The highest BCUT2D eigenvalue weighted by Crippen LogP contribution is 2.39. The van der Waals surface area contributed by atoms with Crippen molar-refractivity contribution < 1.29 is 19.0 Å². The van der Waals surface area contributed by atoms with E-state index in [0.29, 0.717) is 51.6 Å². The Morgan fingerprint density at radius 1 is 0.969 bits per heavy atom. The Bertz CT molecular complexity index is 1080. The van der Waals surface area contributed by atoms with Crippen LogP contribution in [0, 0.1) is 0 Å². The van der Waals surface area contributed by atoms with Crippen molar-refractivity contribution >= 4 is 44.2 Å². The molecule has 32 heavy (non-hydrogen) atoms. The minimum Gasteiger partial charge on any atom is -0.494 e. The molecule has 0 saturated heterocycles. The fourth-order valence-corrected chi connectivity index (χ4v) is 4.69. The zero-order valence-corrected chi connectivity index (χ0v) is 20.5. The van der Waals surface area contributed by atoms with Gasteiger partial charge in [-0.05, 0) is 43.4 Å². The number of ether oxygens (including phenoxy) is 3. The maximum Gasteiger partial charge on any atom is 0.260 e. The van der Waals surface area contributed by atoms with Crippen molar-refractivity contribution in [2.45, 2.75) is 13.8 Å². The van der Waals surface area contributed by atoms with Crippen molar-refractivity contribution in [2.24, 2.45) is 0 Å². The van der Waals surface area contributed by atoms with Crippen molar-refractivity contribution in [3.63, 3.8) is 0 Å². The standard InChI is InChI=1S/C23H28ClN3O4S/c1-6-26(7-2)12-13-27(22(28)15-8-10-17(29-3)19(14-15)31-5)23-25-20-18(30-4)11-9-16(24)21(20)32-23/h8-11,14H,6-7,12-13H2,1-5H3. The number of anilines is 1. The molecule has 1 amide bonds. The Kier molecular flexibility index (Phi) is 8.17. The normalized spacial score (nSPS) is 11.1. The first-order valence-electron chi connectivity index (χ1n) is 10.4. The maximum absolute atomic E-state index is 13.6. The maximum atomic E-state index is 13.6. The fraction of sp³-hybridized carbons (Fsp3) is 0.391. The first-order valence-corrected chi connectivity index (χ1v) is 11.6. The van der Waals surface area contributed by atoms with E-state index in [2.05, 4.69) is 18.7 Å². The largest absolute Gasteiger partial charge is 0.494 e. The predicted molar refractivity (Wildman–Crippen MR) is 130 cm³/mol. The average molecular weight is 478 g/mol. The summed E-state index contributed by atoms with van der Waals surface area (Å²) < 4.78 is 16.9. The molecule has 0 spiro atoms. The monoisotopic (exact) mass is 477 g/mol. The van der Waals surface area contributed by atoms with E-state index in [-0.39, 0.29) is 5.91 Å². The van der Waals surface area contributed by atoms with Gasteiger partial charge in [0.2, 0.25) is 0 Å². The number of benzene rings is 2. The first kappa shape index (κ1) is 24.1. The number of hydrogen-bond acceptors (Lipinski definition) is 7. The summed E-state index contributed by atoms with van der Waals surface area (Å²) in [5.74, 6) is 1.51. The van der Waals surface area contributed by atoms with E-state index in [1.165, 1.54) is 11.3 Å². The fourth-order valence-electron chi connectivity index (χ4n) is 3.41. The van der Waals surface area contributed by atoms with Crippen LogP contribution in [-0.2, 0) is 0 Å². The third-order valence-corrected chi connectivity index (χ3v) is 6.85. The van der Waals surface area contributed by atoms with Crippen molar-refractivity contribution in [3.05, 3.63) is 40.9 Å². The Morgan fingerprint density at radius 2 is 1.62 bits per heavy atom. The zero-order chi connectivity index (χ0) is 23.3. The van der Waals surface area contributed by atoms with E-state index < -0.39 is 0 Å². The van der Waals surface area contributed by atoms with Crippen molar-refractivity contribution in [2.75, 3.05) is 52.4 Å². The molecule has 0 saturated carbocycles. The van der Waals surface area contributed by atoms with E-state index in [1.54, 1.807) is 56.6 Å². The van der Waals surface area contributed by atoms with Crippen LogP contribution in [-0.4, -0.2) is 63.3 Å². The van der Waals surface area contributed by atoms with Crippen LogP contribution in [0.5, 0.6) is 17.2 Å². The topological polar surface area (TPSA) is 64.1 Å². The number of thiazole rings is 1. The highest BCUT2D eigenvalue weighted by molar-refractivity contribution is 7.23. The van der Waals surface area contributed by atoms with E-state index in [4.69, 9.17) is 30.8 Å². The molecule has 0 unspecified atom stereocenters. The minimum absolute atomic E-state index is 0.174. The highest BCUT2D eigenvalue weighted by atomic mass is 35.5. The second-order valence-electron chi connectivity index (χ2n) is 6.98. The summed E-state index contributed by atoms with van der Waals surface area (Å²) in [6.45, 7) is 7.20. The minimum atomic E-state index is -0.174. The lowest BCUT2D eigenvalue weighted by Crippen LogP contribution is -2.38. The second-order valence-corrected chi connectivity index (χ2v) is 8.36. The van der Waals surface area contributed by atoms with Crippen LogP contribution in [0.15, 0.2) is 30.3 Å². The number of likely N-dealkylation sites (N-methyl/N-ethyl adjacent to an activating group) is 1. The van der Waals surface area contributed by atoms with E-state index in [0.717, 1.165) is 17.8 Å². The summed E-state index contributed by atoms with van der Waals surface area (Å²) >= 11 is 7.80. The summed E-state index contributed by atoms with van der Waals surface area (Å²) in [6.07, 6.45) is 0.